The zero-order valence-corrected chi connectivity index (χ0v) is 10.4. The highest BCUT2D eigenvalue weighted by atomic mass is 32.2. The van der Waals surface area contributed by atoms with Gasteiger partial charge in [-0.2, -0.15) is 11.8 Å². The molecule has 5 heteroatoms. The highest BCUT2D eigenvalue weighted by Gasteiger charge is 2.21. The minimum atomic E-state index is -0.946. The summed E-state index contributed by atoms with van der Waals surface area (Å²) in [6, 6.07) is -0.746. The van der Waals surface area contributed by atoms with Crippen LogP contribution in [0.2, 0.25) is 0 Å². The van der Waals surface area contributed by atoms with E-state index in [1.807, 2.05) is 0 Å². The third-order valence-corrected chi connectivity index (χ3v) is 4.19. The van der Waals surface area contributed by atoms with Crippen LogP contribution in [-0.4, -0.2) is 34.0 Å². The molecule has 1 aliphatic rings. The molecule has 0 saturated heterocycles. The first kappa shape index (κ1) is 13.4. The summed E-state index contributed by atoms with van der Waals surface area (Å²) < 4.78 is 0. The van der Waals surface area contributed by atoms with E-state index in [2.05, 4.69) is 5.32 Å². The number of carbonyl (C=O) groups excluding carboxylic acids is 1. The van der Waals surface area contributed by atoms with E-state index >= 15 is 0 Å². The van der Waals surface area contributed by atoms with Crippen LogP contribution in [0.25, 0.3) is 0 Å². The lowest BCUT2D eigenvalue weighted by Gasteiger charge is -2.22. The molecule has 0 heterocycles. The van der Waals surface area contributed by atoms with Crippen LogP contribution in [0, 0.1) is 0 Å². The first-order chi connectivity index (χ1) is 7.59. The number of amides is 1. The van der Waals surface area contributed by atoms with E-state index in [4.69, 9.17) is 5.11 Å². The Hall–Kier alpha value is -0.710. The average Bonchev–Trinajstić information content (AvgIpc) is 2.25. The Morgan fingerprint density at radius 3 is 2.50 bits per heavy atom. The molecule has 0 aromatic rings. The Balaban J connectivity index is 2.30. The predicted molar refractivity (Wildman–Crippen MR) is 64.6 cm³/mol. The highest BCUT2D eigenvalue weighted by Crippen LogP contribution is 2.28. The van der Waals surface area contributed by atoms with Crippen LogP contribution >= 0.6 is 11.8 Å². The Labute approximate surface area is 100 Å². The summed E-state index contributed by atoms with van der Waals surface area (Å²) in [6.45, 7) is 1.35. The lowest BCUT2D eigenvalue weighted by Crippen LogP contribution is -2.41. The lowest BCUT2D eigenvalue weighted by atomic mass is 10.0. The molecule has 1 amide bonds. The van der Waals surface area contributed by atoms with Gasteiger partial charge in [-0.05, 0) is 12.8 Å². The number of aliphatic carboxylic acids is 1. The Kier molecular flexibility index (Phi) is 5.66. The first-order valence-corrected chi connectivity index (χ1v) is 6.76. The van der Waals surface area contributed by atoms with E-state index in [1.165, 1.54) is 39.0 Å². The van der Waals surface area contributed by atoms with Crippen molar-refractivity contribution in [1.29, 1.82) is 0 Å². The molecule has 1 saturated carbocycles. The standard InChI is InChI=1S/C11H19NO3S/c1-8(13)12-10(11(14)15)7-16-9-5-3-2-4-6-9/h9-10H,2-7H2,1H3,(H,12,13)(H,14,15)/t10-/m0/s1. The van der Waals surface area contributed by atoms with E-state index in [0.717, 1.165) is 0 Å². The number of rotatable bonds is 5. The van der Waals surface area contributed by atoms with Crippen molar-refractivity contribution >= 4 is 23.6 Å². The van der Waals surface area contributed by atoms with Crippen LogP contribution in [0.15, 0.2) is 0 Å². The van der Waals surface area contributed by atoms with Gasteiger partial charge in [0.2, 0.25) is 5.91 Å². The zero-order valence-electron chi connectivity index (χ0n) is 9.57. The SMILES string of the molecule is CC(=O)N[C@@H](CSC1CCCCC1)C(=O)O. The maximum Gasteiger partial charge on any atom is 0.327 e. The van der Waals surface area contributed by atoms with Gasteiger partial charge in [-0.3, -0.25) is 4.79 Å². The minimum absolute atomic E-state index is 0.281. The number of carbonyl (C=O) groups is 2. The van der Waals surface area contributed by atoms with Gasteiger partial charge in [0.1, 0.15) is 6.04 Å². The van der Waals surface area contributed by atoms with Gasteiger partial charge >= 0.3 is 5.97 Å². The van der Waals surface area contributed by atoms with Gasteiger partial charge in [-0.1, -0.05) is 19.3 Å². The topological polar surface area (TPSA) is 66.4 Å². The van der Waals surface area contributed by atoms with E-state index in [-0.39, 0.29) is 5.91 Å². The van der Waals surface area contributed by atoms with Crippen molar-refractivity contribution < 1.29 is 14.7 Å². The van der Waals surface area contributed by atoms with Crippen molar-refractivity contribution in [2.75, 3.05) is 5.75 Å². The summed E-state index contributed by atoms with van der Waals surface area (Å²) >= 11 is 1.68. The summed E-state index contributed by atoms with van der Waals surface area (Å²) in [5, 5.41) is 12.0. The summed E-state index contributed by atoms with van der Waals surface area (Å²) in [5.41, 5.74) is 0. The van der Waals surface area contributed by atoms with Crippen LogP contribution in [0.5, 0.6) is 0 Å². The largest absolute Gasteiger partial charge is 0.480 e. The van der Waals surface area contributed by atoms with Crippen molar-refractivity contribution in [2.24, 2.45) is 0 Å². The molecule has 4 nitrogen and oxygen atoms in total. The van der Waals surface area contributed by atoms with Crippen molar-refractivity contribution in [3.05, 3.63) is 0 Å². The highest BCUT2D eigenvalue weighted by molar-refractivity contribution is 7.99. The third-order valence-electron chi connectivity index (χ3n) is 2.73. The Morgan fingerprint density at radius 1 is 1.38 bits per heavy atom. The van der Waals surface area contributed by atoms with Gasteiger partial charge in [0.15, 0.2) is 0 Å². The molecular weight excluding hydrogens is 226 g/mol. The van der Waals surface area contributed by atoms with Gasteiger partial charge in [-0.25, -0.2) is 4.79 Å². The van der Waals surface area contributed by atoms with Gasteiger partial charge in [-0.15, -0.1) is 0 Å². The first-order valence-electron chi connectivity index (χ1n) is 5.71. The van der Waals surface area contributed by atoms with E-state index in [9.17, 15) is 9.59 Å². The van der Waals surface area contributed by atoms with E-state index in [1.54, 1.807) is 11.8 Å². The molecule has 0 aliphatic heterocycles. The van der Waals surface area contributed by atoms with E-state index < -0.39 is 12.0 Å². The second-order valence-corrected chi connectivity index (χ2v) is 5.52. The molecule has 0 bridgehead atoms. The summed E-state index contributed by atoms with van der Waals surface area (Å²) in [7, 11) is 0. The monoisotopic (exact) mass is 245 g/mol. The third kappa shape index (κ3) is 4.88. The Bertz CT molecular complexity index is 252. The van der Waals surface area contributed by atoms with Crippen molar-refractivity contribution in [3.63, 3.8) is 0 Å². The number of nitrogens with one attached hydrogen (secondary N) is 1. The number of thioether (sulfide) groups is 1. The molecule has 0 radical (unpaired) electrons. The molecule has 1 aliphatic carbocycles. The molecule has 2 N–H and O–H groups in total. The molecule has 92 valence electrons. The van der Waals surface area contributed by atoms with Crippen LogP contribution < -0.4 is 5.32 Å². The summed E-state index contributed by atoms with van der Waals surface area (Å²) in [6.07, 6.45) is 6.14. The Morgan fingerprint density at radius 2 is 2.00 bits per heavy atom. The fraction of sp³-hybridized carbons (Fsp3) is 0.818. The van der Waals surface area contributed by atoms with Gasteiger partial charge in [0.05, 0.1) is 0 Å². The fourth-order valence-electron chi connectivity index (χ4n) is 1.88. The fourth-order valence-corrected chi connectivity index (χ4v) is 3.24. The average molecular weight is 245 g/mol. The zero-order chi connectivity index (χ0) is 12.0. The van der Waals surface area contributed by atoms with Crippen LogP contribution in [-0.2, 0) is 9.59 Å². The maximum absolute atomic E-state index is 10.9. The smallest absolute Gasteiger partial charge is 0.327 e. The second-order valence-electron chi connectivity index (χ2n) is 4.18. The molecule has 0 aromatic heterocycles. The molecule has 0 spiro atoms. The van der Waals surface area contributed by atoms with Crippen LogP contribution in [0.3, 0.4) is 0 Å². The van der Waals surface area contributed by atoms with Gasteiger partial charge < -0.3 is 10.4 Å². The normalized spacial score (nSPS) is 19.1. The predicted octanol–water partition coefficient (Wildman–Crippen LogP) is 1.64. The molecule has 0 aromatic carbocycles. The van der Waals surface area contributed by atoms with Gasteiger partial charge in [0.25, 0.3) is 0 Å². The second kappa shape index (κ2) is 6.78. The molecule has 1 atom stereocenters. The quantitative estimate of drug-likeness (QED) is 0.772. The maximum atomic E-state index is 10.9. The van der Waals surface area contributed by atoms with Crippen molar-refractivity contribution in [3.8, 4) is 0 Å². The molecule has 1 rings (SSSR count). The van der Waals surface area contributed by atoms with Gasteiger partial charge in [0, 0.05) is 17.9 Å². The van der Waals surface area contributed by atoms with Crippen molar-refractivity contribution in [1.82, 2.24) is 5.32 Å². The van der Waals surface area contributed by atoms with E-state index in [0.29, 0.717) is 11.0 Å². The number of carboxylic acid groups (broad SMARTS) is 1. The molecule has 16 heavy (non-hydrogen) atoms. The lowest BCUT2D eigenvalue weighted by molar-refractivity contribution is -0.140. The summed E-state index contributed by atoms with van der Waals surface area (Å²) in [4.78, 5) is 21.7. The number of hydrogen-bond donors (Lipinski definition) is 2. The molecule has 0 unspecified atom stereocenters. The minimum Gasteiger partial charge on any atom is -0.480 e. The number of hydrogen-bond acceptors (Lipinski definition) is 3. The van der Waals surface area contributed by atoms with Crippen LogP contribution in [0.1, 0.15) is 39.0 Å². The molecular formula is C11H19NO3S. The number of carboxylic acids is 1. The van der Waals surface area contributed by atoms with Crippen molar-refractivity contribution in [2.45, 2.75) is 50.3 Å². The molecule has 1 fully saturated rings. The summed E-state index contributed by atoms with van der Waals surface area (Å²) in [5.74, 6) is -0.755. The van der Waals surface area contributed by atoms with Crippen LogP contribution in [0.4, 0.5) is 0 Å².